The maximum atomic E-state index is 12.5. The smallest absolute Gasteiger partial charge is 0.256 e. The number of anilines is 2. The van der Waals surface area contributed by atoms with Gasteiger partial charge < -0.3 is 10.6 Å². The predicted octanol–water partition coefficient (Wildman–Crippen LogP) is 3.70. The minimum absolute atomic E-state index is 0.150. The zero-order chi connectivity index (χ0) is 19.2. The van der Waals surface area contributed by atoms with Gasteiger partial charge in [0.1, 0.15) is 5.82 Å². The molecule has 3 aromatic rings. The molecule has 1 heterocycles. The fourth-order valence-corrected chi connectivity index (χ4v) is 2.71. The molecule has 138 valence electrons. The molecular formula is C21H22N4O2. The Morgan fingerprint density at radius 3 is 2.22 bits per heavy atom. The van der Waals surface area contributed by atoms with Crippen LogP contribution in [0, 0.1) is 0 Å². The van der Waals surface area contributed by atoms with E-state index in [1.54, 1.807) is 41.2 Å². The predicted molar refractivity (Wildman–Crippen MR) is 106 cm³/mol. The molecule has 3 rings (SSSR count). The minimum Gasteiger partial charge on any atom is -0.326 e. The lowest BCUT2D eigenvalue weighted by Gasteiger charge is -2.10. The highest BCUT2D eigenvalue weighted by Crippen LogP contribution is 2.14. The lowest BCUT2D eigenvalue weighted by Crippen LogP contribution is -2.16. The van der Waals surface area contributed by atoms with Gasteiger partial charge in [-0.1, -0.05) is 31.2 Å². The van der Waals surface area contributed by atoms with Crippen molar-refractivity contribution < 1.29 is 9.59 Å². The summed E-state index contributed by atoms with van der Waals surface area (Å²) in [4.78, 5) is 23.6. The van der Waals surface area contributed by atoms with Crippen LogP contribution < -0.4 is 10.6 Å². The molecule has 0 aliphatic carbocycles. The second-order valence-corrected chi connectivity index (χ2v) is 6.26. The van der Waals surface area contributed by atoms with Crippen LogP contribution in [0.25, 0.3) is 0 Å². The van der Waals surface area contributed by atoms with Gasteiger partial charge in [-0.3, -0.25) is 9.59 Å². The number of nitrogens with zero attached hydrogens (tertiary/aromatic N) is 2. The molecule has 0 aliphatic heterocycles. The lowest BCUT2D eigenvalue weighted by atomic mass is 10.1. The molecule has 1 aromatic heterocycles. The quantitative estimate of drug-likeness (QED) is 0.702. The number of hydrogen-bond acceptors (Lipinski definition) is 3. The molecule has 2 aromatic carbocycles. The summed E-state index contributed by atoms with van der Waals surface area (Å²) in [5.74, 6) is 0.251. The molecule has 0 spiro atoms. The molecular weight excluding hydrogens is 340 g/mol. The second kappa shape index (κ2) is 8.31. The van der Waals surface area contributed by atoms with Gasteiger partial charge in [0.25, 0.3) is 5.91 Å². The van der Waals surface area contributed by atoms with Crippen molar-refractivity contribution in [3.05, 3.63) is 77.5 Å². The Bertz CT molecular complexity index is 928. The first kappa shape index (κ1) is 18.4. The van der Waals surface area contributed by atoms with Crippen LogP contribution in [0.3, 0.4) is 0 Å². The lowest BCUT2D eigenvalue weighted by molar-refractivity contribution is -0.114. The summed E-state index contributed by atoms with van der Waals surface area (Å²) in [6.45, 7) is 4.14. The zero-order valence-electron chi connectivity index (χ0n) is 15.4. The van der Waals surface area contributed by atoms with Crippen molar-refractivity contribution in [2.75, 3.05) is 10.6 Å². The van der Waals surface area contributed by atoms with Gasteiger partial charge in [-0.05, 0) is 41.8 Å². The molecule has 0 atom stereocenters. The van der Waals surface area contributed by atoms with E-state index in [1.165, 1.54) is 12.5 Å². The number of carbonyl (C=O) groups is 2. The van der Waals surface area contributed by atoms with Crippen molar-refractivity contribution in [1.82, 2.24) is 9.78 Å². The molecule has 0 saturated heterocycles. The van der Waals surface area contributed by atoms with Crippen LogP contribution in [0.5, 0.6) is 0 Å². The molecule has 2 amide bonds. The Labute approximate surface area is 158 Å². The highest BCUT2D eigenvalue weighted by atomic mass is 16.2. The van der Waals surface area contributed by atoms with Crippen molar-refractivity contribution in [2.24, 2.45) is 0 Å². The number of aromatic nitrogens is 2. The standard InChI is InChI=1S/C21H22N4O2/c1-3-16-4-6-17(7-5-16)14-25-20(12-13-22-25)24-21(27)18-8-10-19(11-9-18)23-15(2)26/h4-13H,3,14H2,1-2H3,(H,23,26)(H,24,27). The van der Waals surface area contributed by atoms with Crippen molar-refractivity contribution in [3.63, 3.8) is 0 Å². The molecule has 0 bridgehead atoms. The highest BCUT2D eigenvalue weighted by Gasteiger charge is 2.10. The van der Waals surface area contributed by atoms with E-state index in [0.29, 0.717) is 23.6 Å². The number of rotatable bonds is 6. The SMILES string of the molecule is CCc1ccc(Cn2nccc2NC(=O)c2ccc(NC(C)=O)cc2)cc1. The molecule has 0 fully saturated rings. The molecule has 0 aliphatic rings. The number of amides is 2. The van der Waals surface area contributed by atoms with Crippen molar-refractivity contribution in [2.45, 2.75) is 26.8 Å². The van der Waals surface area contributed by atoms with Crippen molar-refractivity contribution in [3.8, 4) is 0 Å². The van der Waals surface area contributed by atoms with Gasteiger partial charge in [0.2, 0.25) is 5.91 Å². The summed E-state index contributed by atoms with van der Waals surface area (Å²) < 4.78 is 1.75. The van der Waals surface area contributed by atoms with Crippen LogP contribution >= 0.6 is 0 Å². The van der Waals surface area contributed by atoms with Crippen molar-refractivity contribution >= 4 is 23.3 Å². The largest absolute Gasteiger partial charge is 0.326 e. The fourth-order valence-electron chi connectivity index (χ4n) is 2.71. The molecule has 2 N–H and O–H groups in total. The van der Waals surface area contributed by atoms with E-state index in [-0.39, 0.29) is 11.8 Å². The van der Waals surface area contributed by atoms with Crippen LogP contribution in [0.15, 0.2) is 60.8 Å². The first-order valence-electron chi connectivity index (χ1n) is 8.84. The Balaban J connectivity index is 1.68. The van der Waals surface area contributed by atoms with Crippen LogP contribution in [0.1, 0.15) is 35.3 Å². The molecule has 0 radical (unpaired) electrons. The third-order valence-electron chi connectivity index (χ3n) is 4.19. The summed E-state index contributed by atoms with van der Waals surface area (Å²) in [5.41, 5.74) is 3.56. The molecule has 6 heteroatoms. The maximum Gasteiger partial charge on any atom is 0.256 e. The summed E-state index contributed by atoms with van der Waals surface area (Å²) in [7, 11) is 0. The van der Waals surface area contributed by atoms with Gasteiger partial charge in [0.15, 0.2) is 0 Å². The first-order chi connectivity index (χ1) is 13.0. The Kier molecular flexibility index (Phi) is 5.66. The van der Waals surface area contributed by atoms with E-state index in [4.69, 9.17) is 0 Å². The number of hydrogen-bond donors (Lipinski definition) is 2. The van der Waals surface area contributed by atoms with E-state index < -0.39 is 0 Å². The van der Waals surface area contributed by atoms with E-state index in [1.807, 2.05) is 0 Å². The second-order valence-electron chi connectivity index (χ2n) is 6.26. The summed E-state index contributed by atoms with van der Waals surface area (Å²) in [6, 6.07) is 16.9. The van der Waals surface area contributed by atoms with Gasteiger partial charge in [0.05, 0.1) is 12.7 Å². The summed E-state index contributed by atoms with van der Waals surface area (Å²) in [5, 5.41) is 9.86. The van der Waals surface area contributed by atoms with Gasteiger partial charge in [-0.2, -0.15) is 5.10 Å². The normalized spacial score (nSPS) is 10.4. The van der Waals surface area contributed by atoms with Crippen LogP contribution in [-0.4, -0.2) is 21.6 Å². The van der Waals surface area contributed by atoms with Crippen LogP contribution in [0.4, 0.5) is 11.5 Å². The minimum atomic E-state index is -0.229. The number of benzene rings is 2. The monoisotopic (exact) mass is 362 g/mol. The summed E-state index contributed by atoms with van der Waals surface area (Å²) >= 11 is 0. The van der Waals surface area contributed by atoms with Gasteiger partial charge in [-0.15, -0.1) is 0 Å². The maximum absolute atomic E-state index is 12.5. The van der Waals surface area contributed by atoms with E-state index in [2.05, 4.69) is 46.9 Å². The van der Waals surface area contributed by atoms with E-state index >= 15 is 0 Å². The fraction of sp³-hybridized carbons (Fsp3) is 0.190. The third-order valence-corrected chi connectivity index (χ3v) is 4.19. The summed E-state index contributed by atoms with van der Waals surface area (Å²) in [6.07, 6.45) is 2.67. The van der Waals surface area contributed by atoms with Gasteiger partial charge in [0, 0.05) is 24.2 Å². The average Bonchev–Trinajstić information content (AvgIpc) is 3.09. The molecule has 27 heavy (non-hydrogen) atoms. The first-order valence-corrected chi connectivity index (χ1v) is 8.84. The Hall–Kier alpha value is -3.41. The van der Waals surface area contributed by atoms with Crippen LogP contribution in [0.2, 0.25) is 0 Å². The average molecular weight is 362 g/mol. The zero-order valence-corrected chi connectivity index (χ0v) is 15.4. The Morgan fingerprint density at radius 1 is 0.926 bits per heavy atom. The third kappa shape index (κ3) is 4.82. The Morgan fingerprint density at radius 2 is 1.59 bits per heavy atom. The molecule has 0 unspecified atom stereocenters. The van der Waals surface area contributed by atoms with E-state index in [0.717, 1.165) is 12.0 Å². The van der Waals surface area contributed by atoms with Crippen LogP contribution in [-0.2, 0) is 17.8 Å². The number of nitrogens with one attached hydrogen (secondary N) is 2. The van der Waals surface area contributed by atoms with Gasteiger partial charge in [-0.25, -0.2) is 4.68 Å². The topological polar surface area (TPSA) is 76.0 Å². The van der Waals surface area contributed by atoms with Crippen molar-refractivity contribution in [1.29, 1.82) is 0 Å². The molecule has 6 nitrogen and oxygen atoms in total. The number of aryl methyl sites for hydroxylation is 1. The van der Waals surface area contributed by atoms with Gasteiger partial charge >= 0.3 is 0 Å². The van der Waals surface area contributed by atoms with E-state index in [9.17, 15) is 9.59 Å². The highest BCUT2D eigenvalue weighted by molar-refractivity contribution is 6.04. The molecule has 0 saturated carbocycles. The number of carbonyl (C=O) groups excluding carboxylic acids is 2.